The first kappa shape index (κ1) is 22.1. The molecule has 7 heteroatoms. The van der Waals surface area contributed by atoms with Crippen molar-refractivity contribution in [3.05, 3.63) is 35.6 Å². The fourth-order valence-corrected chi connectivity index (χ4v) is 2.64. The minimum absolute atomic E-state index is 0. The van der Waals surface area contributed by atoms with Gasteiger partial charge in [0.25, 0.3) is 0 Å². The number of rotatable bonds is 8. The molecule has 0 radical (unpaired) electrons. The van der Waals surface area contributed by atoms with Gasteiger partial charge >= 0.3 is 0 Å². The van der Waals surface area contributed by atoms with Crippen molar-refractivity contribution in [2.45, 2.75) is 26.3 Å². The fourth-order valence-electron chi connectivity index (χ4n) is 2.64. The van der Waals surface area contributed by atoms with E-state index in [1.807, 2.05) is 13.0 Å². The van der Waals surface area contributed by atoms with E-state index < -0.39 is 0 Å². The first-order valence-corrected chi connectivity index (χ1v) is 8.84. The Labute approximate surface area is 167 Å². The molecule has 1 aliphatic heterocycles. The molecule has 5 nitrogen and oxygen atoms in total. The minimum Gasteiger partial charge on any atom is -0.379 e. The molecule has 0 aliphatic carbocycles. The number of unbranched alkanes of at least 4 members (excludes halogenated alkanes) is 1. The average Bonchev–Trinajstić information content (AvgIpc) is 2.60. The maximum atomic E-state index is 13.2. The van der Waals surface area contributed by atoms with Crippen LogP contribution in [0.3, 0.4) is 0 Å². The van der Waals surface area contributed by atoms with Crippen molar-refractivity contribution in [3.63, 3.8) is 0 Å². The normalized spacial score (nSPS) is 15.5. The second-order valence-corrected chi connectivity index (χ2v) is 5.91. The second kappa shape index (κ2) is 13.3. The number of hydrogen-bond donors (Lipinski definition) is 2. The molecular formula is C18H30FIN4O. The first-order chi connectivity index (χ1) is 11.8. The number of aliphatic imine (C=N–C) groups is 1. The highest BCUT2D eigenvalue weighted by molar-refractivity contribution is 14.0. The second-order valence-electron chi connectivity index (χ2n) is 5.91. The zero-order valence-corrected chi connectivity index (χ0v) is 17.3. The molecular weight excluding hydrogens is 434 g/mol. The van der Waals surface area contributed by atoms with E-state index in [0.29, 0.717) is 6.54 Å². The van der Waals surface area contributed by atoms with Gasteiger partial charge in [-0.2, -0.15) is 0 Å². The van der Waals surface area contributed by atoms with E-state index >= 15 is 0 Å². The van der Waals surface area contributed by atoms with Crippen molar-refractivity contribution in [2.75, 3.05) is 45.9 Å². The van der Waals surface area contributed by atoms with Gasteiger partial charge < -0.3 is 15.4 Å². The summed E-state index contributed by atoms with van der Waals surface area (Å²) in [5.41, 5.74) is 0.875. The predicted octanol–water partition coefficient (Wildman–Crippen LogP) is 2.61. The van der Waals surface area contributed by atoms with Crippen LogP contribution in [0, 0.1) is 5.82 Å². The van der Waals surface area contributed by atoms with Crippen LogP contribution in [-0.2, 0) is 11.3 Å². The van der Waals surface area contributed by atoms with E-state index in [9.17, 15) is 4.39 Å². The Morgan fingerprint density at radius 1 is 1.24 bits per heavy atom. The molecule has 1 fully saturated rings. The topological polar surface area (TPSA) is 48.9 Å². The molecule has 0 amide bonds. The zero-order chi connectivity index (χ0) is 17.0. The Morgan fingerprint density at radius 2 is 2.04 bits per heavy atom. The maximum Gasteiger partial charge on any atom is 0.191 e. The molecule has 1 aromatic carbocycles. The van der Waals surface area contributed by atoms with Crippen molar-refractivity contribution in [2.24, 2.45) is 4.99 Å². The van der Waals surface area contributed by atoms with Crippen LogP contribution in [0.2, 0.25) is 0 Å². The lowest BCUT2D eigenvalue weighted by atomic mass is 10.2. The van der Waals surface area contributed by atoms with Crippen molar-refractivity contribution in [3.8, 4) is 0 Å². The maximum absolute atomic E-state index is 13.2. The fraction of sp³-hybridized carbons (Fsp3) is 0.611. The number of guanidine groups is 1. The van der Waals surface area contributed by atoms with Gasteiger partial charge in [0.1, 0.15) is 5.82 Å². The van der Waals surface area contributed by atoms with E-state index in [1.54, 1.807) is 6.07 Å². The zero-order valence-electron chi connectivity index (χ0n) is 15.0. The van der Waals surface area contributed by atoms with Crippen molar-refractivity contribution < 1.29 is 9.13 Å². The summed E-state index contributed by atoms with van der Waals surface area (Å²) in [6.07, 6.45) is 2.26. The largest absolute Gasteiger partial charge is 0.379 e. The molecule has 1 aliphatic rings. The van der Waals surface area contributed by atoms with E-state index in [4.69, 9.17) is 4.74 Å². The molecule has 0 bridgehead atoms. The predicted molar refractivity (Wildman–Crippen MR) is 111 cm³/mol. The van der Waals surface area contributed by atoms with Crippen LogP contribution in [-0.4, -0.2) is 56.8 Å². The molecule has 25 heavy (non-hydrogen) atoms. The lowest BCUT2D eigenvalue weighted by molar-refractivity contribution is 0.0372. The molecule has 2 rings (SSSR count). The summed E-state index contributed by atoms with van der Waals surface area (Å²) in [6.45, 7) is 9.14. The molecule has 2 N–H and O–H groups in total. The van der Waals surface area contributed by atoms with Gasteiger partial charge in [0.05, 0.1) is 19.8 Å². The molecule has 0 spiro atoms. The molecule has 0 aromatic heterocycles. The molecule has 0 atom stereocenters. The Balaban J connectivity index is 0.00000312. The Morgan fingerprint density at radius 3 is 2.76 bits per heavy atom. The summed E-state index contributed by atoms with van der Waals surface area (Å²) in [5, 5.41) is 6.57. The molecule has 1 saturated heterocycles. The van der Waals surface area contributed by atoms with Crippen molar-refractivity contribution in [1.29, 1.82) is 0 Å². The minimum atomic E-state index is -0.219. The third-order valence-corrected chi connectivity index (χ3v) is 3.95. The van der Waals surface area contributed by atoms with Gasteiger partial charge in [0, 0.05) is 26.2 Å². The number of nitrogens with zero attached hydrogens (tertiary/aromatic N) is 2. The Kier molecular flexibility index (Phi) is 11.8. The quantitative estimate of drug-likeness (QED) is 0.269. The van der Waals surface area contributed by atoms with E-state index in [2.05, 4.69) is 20.5 Å². The van der Waals surface area contributed by atoms with Gasteiger partial charge in [0.2, 0.25) is 0 Å². The van der Waals surface area contributed by atoms with E-state index in [-0.39, 0.29) is 29.8 Å². The average molecular weight is 464 g/mol. The summed E-state index contributed by atoms with van der Waals surface area (Å²) in [7, 11) is 0. The number of hydrogen-bond acceptors (Lipinski definition) is 3. The number of nitrogens with one attached hydrogen (secondary N) is 2. The van der Waals surface area contributed by atoms with Gasteiger partial charge in [-0.25, -0.2) is 9.38 Å². The van der Waals surface area contributed by atoms with Crippen LogP contribution < -0.4 is 10.6 Å². The van der Waals surface area contributed by atoms with Crippen LogP contribution in [0.4, 0.5) is 4.39 Å². The number of halogens is 2. The van der Waals surface area contributed by atoms with Crippen LogP contribution in [0.5, 0.6) is 0 Å². The third-order valence-electron chi connectivity index (χ3n) is 3.95. The highest BCUT2D eigenvalue weighted by Gasteiger charge is 2.09. The molecule has 142 valence electrons. The van der Waals surface area contributed by atoms with Gasteiger partial charge in [-0.1, -0.05) is 12.1 Å². The SMILES string of the molecule is CCNC(=NCc1cccc(F)c1)NCCCCN1CCOCC1.I. The number of ether oxygens (including phenoxy) is 1. The van der Waals surface area contributed by atoms with Crippen molar-refractivity contribution in [1.82, 2.24) is 15.5 Å². The Bertz CT molecular complexity index is 510. The van der Waals surface area contributed by atoms with Gasteiger partial charge in [0.15, 0.2) is 5.96 Å². The number of morpholine rings is 1. The molecule has 1 heterocycles. The smallest absolute Gasteiger partial charge is 0.191 e. The van der Waals surface area contributed by atoms with Gasteiger partial charge in [-0.15, -0.1) is 24.0 Å². The third kappa shape index (κ3) is 9.37. The molecule has 0 saturated carbocycles. The van der Waals surface area contributed by atoms with Gasteiger partial charge in [-0.05, 0) is 44.0 Å². The summed E-state index contributed by atoms with van der Waals surface area (Å²) in [4.78, 5) is 6.96. The summed E-state index contributed by atoms with van der Waals surface area (Å²) in [5.74, 6) is 0.567. The lowest BCUT2D eigenvalue weighted by Gasteiger charge is -2.26. The van der Waals surface area contributed by atoms with E-state index in [1.165, 1.54) is 12.1 Å². The molecule has 1 aromatic rings. The summed E-state index contributed by atoms with van der Waals surface area (Å²) >= 11 is 0. The van der Waals surface area contributed by atoms with Crippen LogP contribution in [0.25, 0.3) is 0 Å². The highest BCUT2D eigenvalue weighted by Crippen LogP contribution is 2.04. The Hall–Kier alpha value is -0.930. The summed E-state index contributed by atoms with van der Waals surface area (Å²) in [6, 6.07) is 6.57. The lowest BCUT2D eigenvalue weighted by Crippen LogP contribution is -2.39. The molecule has 0 unspecified atom stereocenters. The summed E-state index contributed by atoms with van der Waals surface area (Å²) < 4.78 is 18.5. The van der Waals surface area contributed by atoms with Crippen LogP contribution >= 0.6 is 24.0 Å². The highest BCUT2D eigenvalue weighted by atomic mass is 127. The van der Waals surface area contributed by atoms with Crippen molar-refractivity contribution >= 4 is 29.9 Å². The number of benzene rings is 1. The van der Waals surface area contributed by atoms with Gasteiger partial charge in [-0.3, -0.25) is 4.90 Å². The standard InChI is InChI=1S/C18H29FN4O.HI/c1-2-20-18(22-15-16-6-5-7-17(19)14-16)21-8-3-4-9-23-10-12-24-13-11-23;/h5-7,14H,2-4,8-13,15H2,1H3,(H2,20,21,22);1H. The van der Waals surface area contributed by atoms with Crippen LogP contribution in [0.1, 0.15) is 25.3 Å². The van der Waals surface area contributed by atoms with E-state index in [0.717, 1.165) is 70.3 Å². The first-order valence-electron chi connectivity index (χ1n) is 8.84. The monoisotopic (exact) mass is 464 g/mol. The van der Waals surface area contributed by atoms with Crippen LogP contribution in [0.15, 0.2) is 29.3 Å².